The van der Waals surface area contributed by atoms with Gasteiger partial charge in [-0.3, -0.25) is 33.9 Å². The molecule has 0 saturated heterocycles. The van der Waals surface area contributed by atoms with Crippen molar-refractivity contribution in [2.45, 2.75) is 51.7 Å². The number of ether oxygens (including phenoxy) is 2. The van der Waals surface area contributed by atoms with Crippen molar-refractivity contribution in [1.29, 1.82) is 5.41 Å². The van der Waals surface area contributed by atoms with Crippen molar-refractivity contribution in [2.75, 3.05) is 44.4 Å². The molecule has 1 atom stereocenters. The van der Waals surface area contributed by atoms with Crippen molar-refractivity contribution >= 4 is 52.1 Å². The second kappa shape index (κ2) is 22.0. The molecule has 16 heteroatoms. The molecular weight excluding hydrogens is 622 g/mol. The molecule has 1 rings (SSSR count). The van der Waals surface area contributed by atoms with Gasteiger partial charge in [-0.15, -0.1) is 0 Å². The van der Waals surface area contributed by atoms with Crippen molar-refractivity contribution < 1.29 is 46.4 Å². The second-order valence-electron chi connectivity index (χ2n) is 9.92. The number of carbonyl (C=O) groups is 5. The first kappa shape index (κ1) is 39.4. The van der Waals surface area contributed by atoms with Crippen LogP contribution in [0.4, 0.5) is 5.69 Å². The van der Waals surface area contributed by atoms with Gasteiger partial charge in [0.15, 0.2) is 6.40 Å². The number of likely N-dealkylation sites (N-methyl/N-ethyl adjacent to an activating group) is 1. The Kier molecular flexibility index (Phi) is 18.9. The standard InChI is InChI=1S/C30H41N5O10S/c1-23(33-28(38)20-32-27(37)10-4-3-5-14-35(2)29(39)11-6-15-36)30(40)34-26-13-12-25(21-45-22-31)24(19-26)9-7-16-44-17-8-18-46(41,42)43/h6,11-13,15,19,22-23,31H,3-5,8,10,14,16-18,20-21H2,1-2H3,(H,32,37)(H,33,38)(H,34,40)(H,41,42,43)/b11-6-,31-22?. The summed E-state index contributed by atoms with van der Waals surface area (Å²) < 4.78 is 40.5. The molecule has 0 fully saturated rings. The van der Waals surface area contributed by atoms with Crippen LogP contribution in [0, 0.1) is 17.3 Å². The lowest BCUT2D eigenvalue weighted by atomic mass is 10.1. The molecule has 0 saturated carbocycles. The third-order valence-corrected chi connectivity index (χ3v) is 6.90. The van der Waals surface area contributed by atoms with Crippen LogP contribution in [-0.2, 0) is 50.2 Å². The molecule has 0 spiro atoms. The van der Waals surface area contributed by atoms with Gasteiger partial charge in [-0.05, 0) is 44.4 Å². The highest BCUT2D eigenvalue weighted by molar-refractivity contribution is 7.85. The van der Waals surface area contributed by atoms with E-state index in [2.05, 4.69) is 27.8 Å². The van der Waals surface area contributed by atoms with Gasteiger partial charge in [-0.25, -0.2) is 0 Å². The first-order valence-electron chi connectivity index (χ1n) is 14.4. The number of nitrogens with zero attached hydrogens (tertiary/aromatic N) is 1. The average Bonchev–Trinajstić information content (AvgIpc) is 3.00. The zero-order valence-electron chi connectivity index (χ0n) is 25.9. The first-order valence-corrected chi connectivity index (χ1v) is 16.0. The van der Waals surface area contributed by atoms with Crippen molar-refractivity contribution in [3.05, 3.63) is 41.5 Å². The molecule has 15 nitrogen and oxygen atoms in total. The Morgan fingerprint density at radius 2 is 1.89 bits per heavy atom. The maximum atomic E-state index is 12.7. The van der Waals surface area contributed by atoms with E-state index in [0.717, 1.165) is 12.5 Å². The average molecular weight is 664 g/mol. The van der Waals surface area contributed by atoms with Crippen molar-refractivity contribution in [3.8, 4) is 11.8 Å². The van der Waals surface area contributed by atoms with Crippen LogP contribution < -0.4 is 16.0 Å². The van der Waals surface area contributed by atoms with Gasteiger partial charge in [0.2, 0.25) is 23.6 Å². The summed E-state index contributed by atoms with van der Waals surface area (Å²) in [6.45, 7) is 1.76. The number of hydrogen-bond acceptors (Lipinski definition) is 10. The molecule has 1 aromatic carbocycles. The fraction of sp³-hybridized carbons (Fsp3) is 0.467. The van der Waals surface area contributed by atoms with Crippen LogP contribution in [-0.4, -0.2) is 99.3 Å². The molecule has 0 aliphatic carbocycles. The number of amides is 4. The van der Waals surface area contributed by atoms with E-state index in [1.807, 2.05) is 0 Å². The largest absolute Gasteiger partial charge is 0.479 e. The van der Waals surface area contributed by atoms with Gasteiger partial charge in [-0.1, -0.05) is 24.3 Å². The summed E-state index contributed by atoms with van der Waals surface area (Å²) in [5.74, 6) is 3.56. The predicted molar refractivity (Wildman–Crippen MR) is 169 cm³/mol. The lowest BCUT2D eigenvalue weighted by molar-refractivity contribution is -0.128. The monoisotopic (exact) mass is 663 g/mol. The number of hydrogen-bond donors (Lipinski definition) is 5. The first-order chi connectivity index (χ1) is 21.9. The number of allylic oxidation sites excluding steroid dienone is 1. The van der Waals surface area contributed by atoms with E-state index in [4.69, 9.17) is 19.4 Å². The third kappa shape index (κ3) is 18.3. The molecule has 46 heavy (non-hydrogen) atoms. The Morgan fingerprint density at radius 3 is 2.59 bits per heavy atom. The van der Waals surface area contributed by atoms with Crippen LogP contribution in [0.25, 0.3) is 0 Å². The van der Waals surface area contributed by atoms with E-state index in [1.54, 1.807) is 25.2 Å². The van der Waals surface area contributed by atoms with Crippen LogP contribution in [0.5, 0.6) is 0 Å². The molecule has 1 aromatic rings. The summed E-state index contributed by atoms with van der Waals surface area (Å²) in [7, 11) is -2.44. The van der Waals surface area contributed by atoms with Crippen LogP contribution in [0.1, 0.15) is 50.2 Å². The van der Waals surface area contributed by atoms with Gasteiger partial charge in [-0.2, -0.15) is 8.42 Å². The van der Waals surface area contributed by atoms with Gasteiger partial charge in [0.05, 0.1) is 12.3 Å². The number of anilines is 1. The van der Waals surface area contributed by atoms with Crippen LogP contribution in [0.2, 0.25) is 0 Å². The fourth-order valence-corrected chi connectivity index (χ4v) is 4.15. The Balaban J connectivity index is 2.51. The number of carbonyl (C=O) groups excluding carboxylic acids is 5. The molecule has 0 aliphatic rings. The normalized spacial score (nSPS) is 11.5. The maximum absolute atomic E-state index is 12.7. The van der Waals surface area contributed by atoms with E-state index in [9.17, 15) is 32.4 Å². The molecule has 252 valence electrons. The molecule has 5 N–H and O–H groups in total. The number of benzene rings is 1. The van der Waals surface area contributed by atoms with Crippen molar-refractivity contribution in [3.63, 3.8) is 0 Å². The van der Waals surface area contributed by atoms with Crippen molar-refractivity contribution in [1.82, 2.24) is 15.5 Å². The van der Waals surface area contributed by atoms with E-state index < -0.39 is 33.7 Å². The van der Waals surface area contributed by atoms with E-state index in [1.165, 1.54) is 17.9 Å². The Bertz CT molecular complexity index is 1400. The molecule has 0 aromatic heterocycles. The van der Waals surface area contributed by atoms with Crippen LogP contribution in [0.15, 0.2) is 30.4 Å². The van der Waals surface area contributed by atoms with Crippen LogP contribution in [0.3, 0.4) is 0 Å². The Labute approximate surface area is 268 Å². The highest BCUT2D eigenvalue weighted by Crippen LogP contribution is 2.17. The maximum Gasteiger partial charge on any atom is 0.264 e. The Hall–Kier alpha value is -4.59. The Morgan fingerprint density at radius 1 is 1.13 bits per heavy atom. The van der Waals surface area contributed by atoms with Gasteiger partial charge < -0.3 is 30.3 Å². The number of unbranched alkanes of at least 4 members (excludes halogenated alkanes) is 2. The quantitative estimate of drug-likeness (QED) is 0.0237. The van der Waals surface area contributed by atoms with Gasteiger partial charge in [0, 0.05) is 49.5 Å². The molecule has 0 heterocycles. The molecule has 4 amide bonds. The molecule has 0 bridgehead atoms. The molecular formula is C30H41N5O10S. The third-order valence-electron chi connectivity index (χ3n) is 6.10. The summed E-state index contributed by atoms with van der Waals surface area (Å²) >= 11 is 0. The predicted octanol–water partition coefficient (Wildman–Crippen LogP) is 0.790. The molecule has 0 aliphatic heterocycles. The smallest absolute Gasteiger partial charge is 0.264 e. The van der Waals surface area contributed by atoms with E-state index in [-0.39, 0.29) is 51.0 Å². The van der Waals surface area contributed by atoms with Gasteiger partial charge in [0.25, 0.3) is 10.1 Å². The van der Waals surface area contributed by atoms with E-state index in [0.29, 0.717) is 48.9 Å². The summed E-state index contributed by atoms with van der Waals surface area (Å²) in [4.78, 5) is 60.5. The lowest BCUT2D eigenvalue weighted by Crippen LogP contribution is -2.45. The van der Waals surface area contributed by atoms with E-state index >= 15 is 0 Å². The highest BCUT2D eigenvalue weighted by Gasteiger charge is 2.17. The highest BCUT2D eigenvalue weighted by atomic mass is 32.2. The van der Waals surface area contributed by atoms with Gasteiger partial charge in [0.1, 0.15) is 25.5 Å². The summed E-state index contributed by atoms with van der Waals surface area (Å²) in [5.41, 5.74) is 1.49. The fourth-order valence-electron chi connectivity index (χ4n) is 3.67. The summed E-state index contributed by atoms with van der Waals surface area (Å²) in [5, 5.41) is 14.8. The summed E-state index contributed by atoms with van der Waals surface area (Å²) in [6.07, 6.45) is 5.82. The molecule has 1 unspecified atom stereocenters. The molecule has 0 radical (unpaired) electrons. The minimum Gasteiger partial charge on any atom is -0.479 e. The number of rotatable bonds is 21. The topological polar surface area (TPSA) is 221 Å². The minimum atomic E-state index is -4.06. The lowest BCUT2D eigenvalue weighted by Gasteiger charge is -2.15. The van der Waals surface area contributed by atoms with Crippen LogP contribution >= 0.6 is 0 Å². The SMILES string of the molecule is CC(NC(=O)CNC(=O)CCCCCN(C)C(=O)/C=C\C=O)C(=O)Nc1ccc(COC=N)c(C#CCOCCCS(=O)(=O)O)c1. The number of nitrogens with one attached hydrogen (secondary N) is 4. The number of aldehydes is 1. The zero-order chi connectivity index (χ0) is 34.4. The second-order valence-corrected chi connectivity index (χ2v) is 11.5. The minimum absolute atomic E-state index is 0.0193. The van der Waals surface area contributed by atoms with Crippen molar-refractivity contribution in [2.24, 2.45) is 0 Å². The van der Waals surface area contributed by atoms with Gasteiger partial charge >= 0.3 is 0 Å². The zero-order valence-corrected chi connectivity index (χ0v) is 26.7. The summed E-state index contributed by atoms with van der Waals surface area (Å²) in [6, 6.07) is 3.91.